The molecule has 0 aliphatic heterocycles. The van der Waals surface area contributed by atoms with Crippen LogP contribution in [0.4, 0.5) is 14.7 Å². The number of nitrogens with two attached hydrogens (primary N) is 1. The lowest BCUT2D eigenvalue weighted by Gasteiger charge is -2.21. The molecule has 0 fully saturated rings. The van der Waals surface area contributed by atoms with Crippen LogP contribution in [0.5, 0.6) is 5.75 Å². The van der Waals surface area contributed by atoms with Crippen molar-refractivity contribution >= 4 is 81.0 Å². The molecule has 0 bridgehead atoms. The number of nitrogens with one attached hydrogen (secondary N) is 1. The highest BCUT2D eigenvalue weighted by Crippen LogP contribution is 2.30. The van der Waals surface area contributed by atoms with Crippen LogP contribution in [0, 0.1) is 23.1 Å². The largest absolute Gasteiger partial charge is 0.491 e. The summed E-state index contributed by atoms with van der Waals surface area (Å²) in [5.74, 6) is 2.77. The van der Waals surface area contributed by atoms with Gasteiger partial charge in [0, 0.05) is 36.7 Å². The van der Waals surface area contributed by atoms with E-state index in [9.17, 15) is 36.2 Å². The molecule has 22 heteroatoms. The number of hydrogen-bond acceptors (Lipinski definition) is 14. The predicted molar refractivity (Wildman–Crippen MR) is 231 cm³/mol. The molecular formula is C38H46FN7O10S4. The van der Waals surface area contributed by atoms with Gasteiger partial charge in [-0.1, -0.05) is 35.3 Å². The smallest absolute Gasteiger partial charge is 0.355 e. The predicted octanol–water partition coefficient (Wildman–Crippen LogP) is 5.00. The number of aliphatic imine (C=N–C) groups is 1. The molecule has 17 nitrogen and oxygen atoms in total. The van der Waals surface area contributed by atoms with Crippen molar-refractivity contribution in [3.63, 3.8) is 0 Å². The van der Waals surface area contributed by atoms with Crippen molar-refractivity contribution in [1.82, 2.24) is 14.9 Å². The van der Waals surface area contributed by atoms with E-state index in [0.29, 0.717) is 40.4 Å². The zero-order valence-corrected chi connectivity index (χ0v) is 35.8. The number of anilines is 1. The van der Waals surface area contributed by atoms with E-state index in [-0.39, 0.29) is 86.9 Å². The fraction of sp³-hybridized carbons (Fsp3) is 0.395. The molecule has 0 atom stereocenters. The molecule has 0 amide bonds. The number of hydrogen-bond donors (Lipinski definition) is 6. The summed E-state index contributed by atoms with van der Waals surface area (Å²) in [6.07, 6.45) is 3.08. The minimum atomic E-state index is -4.19. The van der Waals surface area contributed by atoms with E-state index >= 15 is 0 Å². The lowest BCUT2D eigenvalue weighted by atomic mass is 10.2. The van der Waals surface area contributed by atoms with Crippen LogP contribution in [0.3, 0.4) is 0 Å². The first-order chi connectivity index (χ1) is 28.4. The highest BCUT2D eigenvalue weighted by Gasteiger charge is 2.23. The maximum absolute atomic E-state index is 15.0. The van der Waals surface area contributed by atoms with Gasteiger partial charge in [0.15, 0.2) is 22.4 Å². The number of carboxylic acid groups (broad SMARTS) is 1. The summed E-state index contributed by atoms with van der Waals surface area (Å²) in [7, 11) is -8.38. The number of carbonyl (C=O) groups is 1. The number of carboxylic acids is 1. The lowest BCUT2D eigenvalue weighted by Crippen LogP contribution is -2.31. The third-order valence-electron chi connectivity index (χ3n) is 8.48. The Bertz CT molecular complexity index is 2410. The summed E-state index contributed by atoms with van der Waals surface area (Å²) >= 11 is 2.48. The molecule has 2 aromatic heterocycles. The zero-order chi connectivity index (χ0) is 43.9. The third-order valence-corrected chi connectivity index (χ3v) is 12.2. The van der Waals surface area contributed by atoms with E-state index in [1.807, 2.05) is 24.3 Å². The van der Waals surface area contributed by atoms with Gasteiger partial charge < -0.3 is 25.6 Å². The monoisotopic (exact) mass is 907 g/mol. The van der Waals surface area contributed by atoms with Gasteiger partial charge in [0.25, 0.3) is 20.2 Å². The Hall–Kier alpha value is -4.86. The number of halogens is 1. The van der Waals surface area contributed by atoms with E-state index < -0.39 is 43.5 Å². The van der Waals surface area contributed by atoms with Crippen molar-refractivity contribution in [2.45, 2.75) is 45.4 Å². The molecule has 0 saturated heterocycles. The number of aryl methyl sites for hydroxylation is 1. The Labute approximate surface area is 355 Å². The molecule has 0 radical (unpaired) electrons. The minimum Gasteiger partial charge on any atom is -0.491 e. The standard InChI is InChI=1S/C38H46FN7O10S4/c1-26(35(41)44-37-42-29-11-2-3-12-31(29)57-37)24-33(40)46(19-4-5-20-47)38-43-34(36(48)49)32(58-38)13-7-21-56-30-15-14-27(25-28(30)39)10-6-16-45(17-8-22-59(50,51)52)18-9-23-60(53,54)55/h2-3,11-12,14-15,24-25,40,47H,4-5,7-9,13,16-23H2,1H3,(H,48,49)(H2,41,42,44)(H,50,51,52)(H,53,54,55)/b26-24-,40-33?. The molecule has 2 heterocycles. The van der Waals surface area contributed by atoms with Gasteiger partial charge in [-0.15, -0.1) is 11.3 Å². The highest BCUT2D eigenvalue weighted by atomic mass is 32.2. The number of para-hydroxylation sites is 1. The van der Waals surface area contributed by atoms with E-state index in [1.54, 1.807) is 16.7 Å². The van der Waals surface area contributed by atoms with Crippen LogP contribution < -0.4 is 15.4 Å². The van der Waals surface area contributed by atoms with Gasteiger partial charge in [0.2, 0.25) is 5.13 Å². The van der Waals surface area contributed by atoms with E-state index in [2.05, 4.69) is 26.8 Å². The van der Waals surface area contributed by atoms with Gasteiger partial charge in [0.05, 0.1) is 34.9 Å². The summed E-state index contributed by atoms with van der Waals surface area (Å²) in [5.41, 5.74) is 7.67. The van der Waals surface area contributed by atoms with E-state index in [1.165, 1.54) is 29.5 Å². The summed E-state index contributed by atoms with van der Waals surface area (Å²) in [6, 6.07) is 11.7. The number of aromatic carboxylic acids is 1. The molecule has 324 valence electrons. The Morgan fingerprint density at radius 1 is 1.00 bits per heavy atom. The molecular weight excluding hydrogens is 862 g/mol. The first kappa shape index (κ1) is 47.8. The number of rotatable bonds is 23. The molecule has 0 unspecified atom stereocenters. The third kappa shape index (κ3) is 16.0. The Morgan fingerprint density at radius 2 is 1.70 bits per heavy atom. The van der Waals surface area contributed by atoms with Crippen molar-refractivity contribution < 1.29 is 50.1 Å². The van der Waals surface area contributed by atoms with Crippen molar-refractivity contribution in [1.29, 1.82) is 5.41 Å². The van der Waals surface area contributed by atoms with Crippen LogP contribution in [-0.2, 0) is 26.7 Å². The van der Waals surface area contributed by atoms with Crippen molar-refractivity contribution in [2.75, 3.05) is 55.8 Å². The number of benzene rings is 2. The van der Waals surface area contributed by atoms with Gasteiger partial charge in [-0.3, -0.25) is 19.4 Å². The van der Waals surface area contributed by atoms with Gasteiger partial charge in [0.1, 0.15) is 11.7 Å². The molecule has 60 heavy (non-hydrogen) atoms. The summed E-state index contributed by atoms with van der Waals surface area (Å²) in [6.45, 7) is 2.33. The average Bonchev–Trinajstić information content (AvgIpc) is 3.78. The SMILES string of the molecule is C/C(=C/C(=N)N(CCCCO)c1nc(C(=O)O)c(CCCOc2ccc(C#CCN(CCCS(=O)(=O)O)CCCS(=O)(=O)O)cc2F)s1)C(N)=Nc1nc2ccccc2s1. The summed E-state index contributed by atoms with van der Waals surface area (Å²) < 4.78 is 83.9. The first-order valence-corrected chi connectivity index (χ1v) is 23.4. The quantitative estimate of drug-likeness (QED) is 0.0188. The Balaban J connectivity index is 1.38. The number of nitrogens with zero attached hydrogens (tertiary/aromatic N) is 5. The number of amidine groups is 2. The van der Waals surface area contributed by atoms with Crippen LogP contribution in [0.1, 0.15) is 60.0 Å². The number of ether oxygens (including phenoxy) is 1. The van der Waals surface area contributed by atoms with Crippen molar-refractivity contribution in [3.8, 4) is 17.6 Å². The van der Waals surface area contributed by atoms with Crippen LogP contribution in [0.15, 0.2) is 59.1 Å². The molecule has 7 N–H and O–H groups in total. The fourth-order valence-electron chi connectivity index (χ4n) is 5.52. The number of unbranched alkanes of at least 4 members (excludes halogenated alkanes) is 1. The first-order valence-electron chi connectivity index (χ1n) is 18.5. The van der Waals surface area contributed by atoms with Crippen molar-refractivity contribution in [3.05, 3.63) is 76.1 Å². The molecule has 0 saturated carbocycles. The zero-order valence-electron chi connectivity index (χ0n) is 32.6. The lowest BCUT2D eigenvalue weighted by molar-refractivity contribution is 0.0690. The number of fused-ring (bicyclic) bond motifs is 1. The van der Waals surface area contributed by atoms with E-state index in [0.717, 1.165) is 27.6 Å². The van der Waals surface area contributed by atoms with Crippen LogP contribution in [-0.4, -0.2) is 120 Å². The number of aliphatic hydroxyl groups excluding tert-OH is 1. The maximum atomic E-state index is 15.0. The van der Waals surface area contributed by atoms with Gasteiger partial charge in [-0.2, -0.15) is 16.8 Å². The van der Waals surface area contributed by atoms with E-state index in [4.69, 9.17) is 25.0 Å². The van der Waals surface area contributed by atoms with Crippen molar-refractivity contribution in [2.24, 2.45) is 10.7 Å². The molecule has 2 aromatic carbocycles. The van der Waals surface area contributed by atoms with Crippen LogP contribution in [0.2, 0.25) is 0 Å². The van der Waals surface area contributed by atoms with Gasteiger partial charge in [-0.25, -0.2) is 24.1 Å². The van der Waals surface area contributed by atoms with Gasteiger partial charge >= 0.3 is 5.97 Å². The topological polar surface area (TPSA) is 270 Å². The second-order valence-electron chi connectivity index (χ2n) is 13.3. The number of aliphatic hydroxyl groups is 1. The number of thiazole rings is 2. The Morgan fingerprint density at radius 3 is 2.33 bits per heavy atom. The minimum absolute atomic E-state index is 0.0132. The normalized spacial score (nSPS) is 12.4. The second kappa shape index (κ2) is 22.7. The summed E-state index contributed by atoms with van der Waals surface area (Å²) in [4.78, 5) is 29.1. The van der Waals surface area contributed by atoms with Gasteiger partial charge in [-0.05, 0) is 87.4 Å². The molecule has 0 aliphatic rings. The second-order valence-corrected chi connectivity index (χ2v) is 18.5. The van der Waals surface area contributed by atoms with Crippen LogP contribution >= 0.6 is 22.7 Å². The maximum Gasteiger partial charge on any atom is 0.355 e. The molecule has 4 rings (SSSR count). The fourth-order valence-corrected chi connectivity index (χ4v) is 8.49. The van der Waals surface area contributed by atoms with Crippen LogP contribution in [0.25, 0.3) is 10.2 Å². The number of aromatic nitrogens is 2. The Kier molecular flexibility index (Phi) is 18.1. The summed E-state index contributed by atoms with van der Waals surface area (Å²) in [5, 5.41) is 29.0. The average molecular weight is 908 g/mol. The molecule has 4 aromatic rings. The highest BCUT2D eigenvalue weighted by molar-refractivity contribution is 7.86. The molecule has 0 spiro atoms. The molecule has 0 aliphatic carbocycles.